The fourth-order valence-corrected chi connectivity index (χ4v) is 3.63. The lowest BCUT2D eigenvalue weighted by Crippen LogP contribution is -2.02. The van der Waals surface area contributed by atoms with Crippen LogP contribution in [0.2, 0.25) is 0 Å². The quantitative estimate of drug-likeness (QED) is 0.482. The summed E-state index contributed by atoms with van der Waals surface area (Å²) in [5.41, 5.74) is 3.36. The van der Waals surface area contributed by atoms with Gasteiger partial charge in [-0.05, 0) is 19.1 Å². The van der Waals surface area contributed by atoms with E-state index < -0.39 is 0 Å². The molecule has 26 heavy (non-hydrogen) atoms. The van der Waals surface area contributed by atoms with E-state index in [0.29, 0.717) is 0 Å². The van der Waals surface area contributed by atoms with Crippen LogP contribution < -0.4 is 0 Å². The fourth-order valence-electron chi connectivity index (χ4n) is 2.73. The Morgan fingerprint density at radius 1 is 0.962 bits per heavy atom. The van der Waals surface area contributed by atoms with Gasteiger partial charge < -0.3 is 4.57 Å². The topological polar surface area (TPSA) is 48.5 Å². The third-order valence-electron chi connectivity index (χ3n) is 4.10. The van der Waals surface area contributed by atoms with Gasteiger partial charge in [0.15, 0.2) is 11.0 Å². The van der Waals surface area contributed by atoms with Crippen molar-refractivity contribution in [2.45, 2.75) is 18.6 Å². The number of nitrogens with zero attached hydrogens (tertiary/aromatic N) is 5. The number of rotatable bonds is 6. The molecule has 2 heterocycles. The van der Waals surface area contributed by atoms with E-state index in [2.05, 4.69) is 67.6 Å². The van der Waals surface area contributed by atoms with Crippen molar-refractivity contribution >= 4 is 11.8 Å². The highest BCUT2D eigenvalue weighted by molar-refractivity contribution is 7.99. The molecule has 4 rings (SSSR count). The van der Waals surface area contributed by atoms with Gasteiger partial charge in [-0.25, -0.2) is 4.98 Å². The van der Waals surface area contributed by atoms with E-state index in [-0.39, 0.29) is 0 Å². The molecule has 5 nitrogen and oxygen atoms in total. The van der Waals surface area contributed by atoms with E-state index >= 15 is 0 Å². The monoisotopic (exact) mass is 361 g/mol. The number of hydrogen-bond donors (Lipinski definition) is 0. The van der Waals surface area contributed by atoms with E-state index in [1.807, 2.05) is 30.7 Å². The number of hydrogen-bond acceptors (Lipinski definition) is 4. The molecule has 4 aromatic rings. The summed E-state index contributed by atoms with van der Waals surface area (Å²) in [6.07, 6.45) is 5.61. The molecule has 6 heteroatoms. The molecule has 0 aliphatic carbocycles. The largest absolute Gasteiger partial charge is 0.337 e. The van der Waals surface area contributed by atoms with Gasteiger partial charge in [0.1, 0.15) is 0 Å². The SMILES string of the molecule is Cc1ccc(-n2c(SCCn3ccnc3)nnc2-c2ccccc2)cc1. The maximum atomic E-state index is 4.47. The zero-order valence-corrected chi connectivity index (χ0v) is 15.3. The lowest BCUT2D eigenvalue weighted by molar-refractivity contribution is 0.767. The molecule has 0 saturated carbocycles. The molecule has 0 amide bonds. The molecular formula is C20H19N5S. The third kappa shape index (κ3) is 3.55. The van der Waals surface area contributed by atoms with Crippen LogP contribution in [0.1, 0.15) is 5.56 Å². The Morgan fingerprint density at radius 3 is 2.50 bits per heavy atom. The van der Waals surface area contributed by atoms with Crippen molar-refractivity contribution in [1.29, 1.82) is 0 Å². The standard InChI is InChI=1S/C20H19N5S/c1-16-7-9-18(10-8-16)25-19(17-5-3-2-4-6-17)22-23-20(25)26-14-13-24-12-11-21-15-24/h2-12,15H,13-14H2,1H3. The molecule has 0 fully saturated rings. The maximum absolute atomic E-state index is 4.47. The van der Waals surface area contributed by atoms with Crippen molar-refractivity contribution in [3.63, 3.8) is 0 Å². The van der Waals surface area contributed by atoms with E-state index in [1.165, 1.54) is 5.56 Å². The fraction of sp³-hybridized carbons (Fsp3) is 0.150. The Morgan fingerprint density at radius 2 is 1.77 bits per heavy atom. The molecule has 130 valence electrons. The van der Waals surface area contributed by atoms with Gasteiger partial charge in [-0.15, -0.1) is 10.2 Å². The minimum Gasteiger partial charge on any atom is -0.337 e. The third-order valence-corrected chi connectivity index (χ3v) is 5.01. The van der Waals surface area contributed by atoms with Gasteiger partial charge in [-0.2, -0.15) is 0 Å². The van der Waals surface area contributed by atoms with Gasteiger partial charge >= 0.3 is 0 Å². The Labute approximate surface area is 156 Å². The lowest BCUT2D eigenvalue weighted by atomic mass is 10.2. The maximum Gasteiger partial charge on any atom is 0.196 e. The van der Waals surface area contributed by atoms with Crippen LogP contribution >= 0.6 is 11.8 Å². The van der Waals surface area contributed by atoms with Gasteiger partial charge in [0.25, 0.3) is 0 Å². The Bertz CT molecular complexity index is 959. The van der Waals surface area contributed by atoms with E-state index in [0.717, 1.165) is 34.5 Å². The van der Waals surface area contributed by atoms with Crippen molar-refractivity contribution in [1.82, 2.24) is 24.3 Å². The first-order chi connectivity index (χ1) is 12.8. The van der Waals surface area contributed by atoms with Crippen LogP contribution in [-0.2, 0) is 6.54 Å². The second-order valence-electron chi connectivity index (χ2n) is 5.99. The molecule has 2 aromatic heterocycles. The molecule has 0 saturated heterocycles. The highest BCUT2D eigenvalue weighted by Gasteiger charge is 2.15. The average molecular weight is 361 g/mol. The lowest BCUT2D eigenvalue weighted by Gasteiger charge is -2.11. The summed E-state index contributed by atoms with van der Waals surface area (Å²) in [6, 6.07) is 18.6. The minimum absolute atomic E-state index is 0.861. The number of thioether (sulfide) groups is 1. The van der Waals surface area contributed by atoms with Crippen molar-refractivity contribution in [2.24, 2.45) is 0 Å². The van der Waals surface area contributed by atoms with Crippen LogP contribution in [0, 0.1) is 6.92 Å². The average Bonchev–Trinajstić information content (AvgIpc) is 3.33. The Kier molecular flexibility index (Phi) is 4.84. The molecule has 0 spiro atoms. The predicted molar refractivity (Wildman–Crippen MR) is 104 cm³/mol. The summed E-state index contributed by atoms with van der Waals surface area (Å²) in [5.74, 6) is 1.76. The summed E-state index contributed by atoms with van der Waals surface area (Å²) in [7, 11) is 0. The van der Waals surface area contributed by atoms with Crippen molar-refractivity contribution in [3.8, 4) is 17.1 Å². The summed E-state index contributed by atoms with van der Waals surface area (Å²) in [4.78, 5) is 4.09. The van der Waals surface area contributed by atoms with Crippen LogP contribution in [0.25, 0.3) is 17.1 Å². The molecule has 0 aliphatic rings. The van der Waals surface area contributed by atoms with E-state index in [9.17, 15) is 0 Å². The van der Waals surface area contributed by atoms with Crippen LogP contribution in [-0.4, -0.2) is 30.1 Å². The van der Waals surface area contributed by atoms with Crippen LogP contribution in [0.4, 0.5) is 0 Å². The molecule has 2 aromatic carbocycles. The summed E-state index contributed by atoms with van der Waals surface area (Å²) in [5, 5.41) is 9.83. The molecule has 0 unspecified atom stereocenters. The first-order valence-electron chi connectivity index (χ1n) is 8.48. The normalized spacial score (nSPS) is 11.0. The highest BCUT2D eigenvalue weighted by Crippen LogP contribution is 2.28. The molecule has 0 radical (unpaired) electrons. The van der Waals surface area contributed by atoms with E-state index in [4.69, 9.17) is 0 Å². The smallest absolute Gasteiger partial charge is 0.196 e. The second-order valence-corrected chi connectivity index (χ2v) is 7.05. The second kappa shape index (κ2) is 7.58. The molecule has 0 aliphatic heterocycles. The number of imidazole rings is 1. The molecular weight excluding hydrogens is 342 g/mol. The Balaban J connectivity index is 1.67. The molecule has 0 atom stereocenters. The molecule has 0 bridgehead atoms. The van der Waals surface area contributed by atoms with Crippen molar-refractivity contribution < 1.29 is 0 Å². The van der Waals surface area contributed by atoms with Crippen molar-refractivity contribution in [3.05, 3.63) is 78.9 Å². The van der Waals surface area contributed by atoms with Gasteiger partial charge in [-0.1, -0.05) is 59.8 Å². The zero-order chi connectivity index (χ0) is 17.8. The summed E-state index contributed by atoms with van der Waals surface area (Å²) < 4.78 is 4.20. The number of benzene rings is 2. The van der Waals surface area contributed by atoms with Gasteiger partial charge in [0, 0.05) is 35.9 Å². The molecule has 0 N–H and O–H groups in total. The minimum atomic E-state index is 0.861. The number of aryl methyl sites for hydroxylation is 2. The van der Waals surface area contributed by atoms with Gasteiger partial charge in [-0.3, -0.25) is 4.57 Å². The Hall–Kier alpha value is -2.86. The van der Waals surface area contributed by atoms with Crippen LogP contribution in [0.3, 0.4) is 0 Å². The van der Waals surface area contributed by atoms with Crippen LogP contribution in [0.15, 0.2) is 78.5 Å². The predicted octanol–water partition coefficient (Wildman–Crippen LogP) is 4.23. The zero-order valence-electron chi connectivity index (χ0n) is 14.5. The highest BCUT2D eigenvalue weighted by atomic mass is 32.2. The van der Waals surface area contributed by atoms with Crippen molar-refractivity contribution in [2.75, 3.05) is 5.75 Å². The van der Waals surface area contributed by atoms with E-state index in [1.54, 1.807) is 18.0 Å². The summed E-state index contributed by atoms with van der Waals surface area (Å²) >= 11 is 1.70. The number of aromatic nitrogens is 5. The van der Waals surface area contributed by atoms with Gasteiger partial charge in [0.05, 0.1) is 6.33 Å². The first-order valence-corrected chi connectivity index (χ1v) is 9.46. The van der Waals surface area contributed by atoms with Crippen LogP contribution in [0.5, 0.6) is 0 Å². The first kappa shape index (κ1) is 16.6. The van der Waals surface area contributed by atoms with Gasteiger partial charge in [0.2, 0.25) is 0 Å². The summed E-state index contributed by atoms with van der Waals surface area (Å²) in [6.45, 7) is 2.97.